The van der Waals surface area contributed by atoms with Crippen molar-refractivity contribution >= 4 is 20.0 Å². The van der Waals surface area contributed by atoms with Crippen LogP contribution in [0.3, 0.4) is 0 Å². The quantitative estimate of drug-likeness (QED) is 0.850. The summed E-state index contributed by atoms with van der Waals surface area (Å²) < 4.78 is 6.47. The van der Waals surface area contributed by atoms with E-state index in [1.54, 1.807) is 0 Å². The van der Waals surface area contributed by atoms with Crippen molar-refractivity contribution in [1.82, 2.24) is 10.2 Å². The molecule has 1 aromatic heterocycles. The lowest BCUT2D eigenvalue weighted by molar-refractivity contribution is 0.120. The Kier molecular flexibility index (Phi) is 5.06. The molecule has 2 heterocycles. The summed E-state index contributed by atoms with van der Waals surface area (Å²) in [5, 5.41) is 8.41. The average Bonchev–Trinajstić information content (AvgIpc) is 2.46. The zero-order chi connectivity index (χ0) is 17.3. The fourth-order valence-electron chi connectivity index (χ4n) is 2.50. The van der Waals surface area contributed by atoms with E-state index in [0.717, 1.165) is 38.4 Å². The van der Waals surface area contributed by atoms with Crippen molar-refractivity contribution in [2.45, 2.75) is 58.7 Å². The predicted octanol–water partition coefficient (Wildman–Crippen LogP) is 3.69. The summed E-state index contributed by atoms with van der Waals surface area (Å²) in [6.45, 7) is 16.8. The summed E-state index contributed by atoms with van der Waals surface area (Å²) in [7, 11) is -1.67. The van der Waals surface area contributed by atoms with Crippen molar-refractivity contribution < 1.29 is 4.43 Å². The van der Waals surface area contributed by atoms with E-state index in [9.17, 15) is 0 Å². The highest BCUT2D eigenvalue weighted by Gasteiger charge is 2.40. The molecule has 23 heavy (non-hydrogen) atoms. The minimum Gasteiger partial charge on any atom is -0.416 e. The first-order valence-corrected chi connectivity index (χ1v) is 11.4. The number of nitrogen functional groups attached to an aromatic ring is 1. The van der Waals surface area contributed by atoms with Gasteiger partial charge in [-0.1, -0.05) is 27.7 Å². The molecule has 130 valence electrons. The SMILES string of the molecule is CC1(CO[Si](C)(C)C(C)(C)C)CCN(c2ccc(N)nn2)CC1. The van der Waals surface area contributed by atoms with Crippen molar-refractivity contribution in [3.8, 4) is 0 Å². The fourth-order valence-corrected chi connectivity index (χ4v) is 3.64. The molecule has 5 nitrogen and oxygen atoms in total. The van der Waals surface area contributed by atoms with Crippen molar-refractivity contribution in [3.05, 3.63) is 12.1 Å². The monoisotopic (exact) mass is 336 g/mol. The number of hydrogen-bond acceptors (Lipinski definition) is 5. The zero-order valence-electron chi connectivity index (χ0n) is 15.5. The van der Waals surface area contributed by atoms with Gasteiger partial charge in [-0.3, -0.25) is 0 Å². The third-order valence-electron chi connectivity index (χ3n) is 5.55. The molecule has 0 saturated carbocycles. The van der Waals surface area contributed by atoms with Gasteiger partial charge in [-0.05, 0) is 48.5 Å². The van der Waals surface area contributed by atoms with Gasteiger partial charge in [0.25, 0.3) is 0 Å². The van der Waals surface area contributed by atoms with Gasteiger partial charge in [0.05, 0.1) is 0 Å². The lowest BCUT2D eigenvalue weighted by Gasteiger charge is -2.43. The molecule has 0 amide bonds. The normalized spacial score (nSPS) is 19.0. The van der Waals surface area contributed by atoms with E-state index >= 15 is 0 Å². The molecule has 1 saturated heterocycles. The molecule has 1 fully saturated rings. The highest BCUT2D eigenvalue weighted by Crippen LogP contribution is 2.39. The van der Waals surface area contributed by atoms with Crippen molar-refractivity contribution in [2.75, 3.05) is 30.3 Å². The molecule has 6 heteroatoms. The van der Waals surface area contributed by atoms with E-state index in [1.165, 1.54) is 0 Å². The van der Waals surface area contributed by atoms with Crippen LogP contribution in [0.4, 0.5) is 11.6 Å². The Labute approximate surface area is 141 Å². The molecule has 0 aromatic carbocycles. The van der Waals surface area contributed by atoms with Gasteiger partial charge < -0.3 is 15.1 Å². The Hall–Kier alpha value is -1.14. The lowest BCUT2D eigenvalue weighted by Crippen LogP contribution is -2.46. The van der Waals surface area contributed by atoms with Crippen LogP contribution >= 0.6 is 0 Å². The molecule has 1 aliphatic rings. The predicted molar refractivity (Wildman–Crippen MR) is 99.1 cm³/mol. The second-order valence-electron chi connectivity index (χ2n) is 8.66. The topological polar surface area (TPSA) is 64.3 Å². The minimum absolute atomic E-state index is 0.257. The molecule has 0 spiro atoms. The summed E-state index contributed by atoms with van der Waals surface area (Å²) in [6.07, 6.45) is 2.24. The molecule has 0 radical (unpaired) electrons. The number of nitrogens with zero attached hydrogens (tertiary/aromatic N) is 3. The van der Waals surface area contributed by atoms with E-state index in [1.807, 2.05) is 12.1 Å². The molecule has 0 atom stereocenters. The van der Waals surface area contributed by atoms with Crippen molar-refractivity contribution in [3.63, 3.8) is 0 Å². The van der Waals surface area contributed by atoms with E-state index in [2.05, 4.69) is 55.9 Å². The molecule has 1 aromatic rings. The molecule has 1 aliphatic heterocycles. The van der Waals surface area contributed by atoms with Gasteiger partial charge >= 0.3 is 0 Å². The van der Waals surface area contributed by atoms with Crippen LogP contribution in [0.15, 0.2) is 12.1 Å². The van der Waals surface area contributed by atoms with Crippen LogP contribution in [0.2, 0.25) is 18.1 Å². The average molecular weight is 337 g/mol. The zero-order valence-corrected chi connectivity index (χ0v) is 16.5. The fraction of sp³-hybridized carbons (Fsp3) is 0.765. The van der Waals surface area contributed by atoms with E-state index in [-0.39, 0.29) is 10.5 Å². The first kappa shape index (κ1) is 18.2. The largest absolute Gasteiger partial charge is 0.416 e. The van der Waals surface area contributed by atoms with Crippen LogP contribution in [0, 0.1) is 5.41 Å². The maximum Gasteiger partial charge on any atom is 0.192 e. The van der Waals surface area contributed by atoms with Gasteiger partial charge in [-0.25, -0.2) is 0 Å². The number of piperidine rings is 1. The van der Waals surface area contributed by atoms with Gasteiger partial charge in [0.15, 0.2) is 14.1 Å². The molecule has 0 unspecified atom stereocenters. The summed E-state index contributed by atoms with van der Waals surface area (Å²) in [4.78, 5) is 2.29. The lowest BCUT2D eigenvalue weighted by atomic mass is 9.81. The van der Waals surface area contributed by atoms with Gasteiger partial charge in [0, 0.05) is 19.7 Å². The highest BCUT2D eigenvalue weighted by molar-refractivity contribution is 6.74. The number of hydrogen-bond donors (Lipinski definition) is 1. The second kappa shape index (κ2) is 6.40. The van der Waals surface area contributed by atoms with E-state index in [4.69, 9.17) is 10.2 Å². The van der Waals surface area contributed by atoms with Crippen molar-refractivity contribution in [2.24, 2.45) is 5.41 Å². The van der Waals surface area contributed by atoms with Crippen LogP contribution in [0.25, 0.3) is 0 Å². The van der Waals surface area contributed by atoms with E-state index < -0.39 is 8.32 Å². The van der Waals surface area contributed by atoms with Gasteiger partial charge in [0.2, 0.25) is 0 Å². The van der Waals surface area contributed by atoms with Crippen LogP contribution in [-0.2, 0) is 4.43 Å². The number of rotatable bonds is 4. The Morgan fingerprint density at radius 2 is 1.83 bits per heavy atom. The molecular formula is C17H32N4OSi. The molecule has 2 N–H and O–H groups in total. The standard InChI is InChI=1S/C17H32N4OSi/c1-16(2,3)23(5,6)22-13-17(4)9-11-21(12-10-17)15-8-7-14(18)19-20-15/h7-8H,9-13H2,1-6H3,(H2,18,19). The minimum atomic E-state index is -1.67. The molecule has 0 bridgehead atoms. The van der Waals surface area contributed by atoms with Crippen molar-refractivity contribution in [1.29, 1.82) is 0 Å². The Morgan fingerprint density at radius 3 is 2.30 bits per heavy atom. The Morgan fingerprint density at radius 1 is 1.22 bits per heavy atom. The summed E-state index contributed by atoms with van der Waals surface area (Å²) >= 11 is 0. The second-order valence-corrected chi connectivity index (χ2v) is 13.5. The maximum atomic E-state index is 6.47. The highest BCUT2D eigenvalue weighted by atomic mass is 28.4. The third-order valence-corrected chi connectivity index (χ3v) is 10.0. The van der Waals surface area contributed by atoms with Gasteiger partial charge in [0.1, 0.15) is 5.82 Å². The summed E-state index contributed by atoms with van der Waals surface area (Å²) in [6, 6.07) is 3.77. The first-order chi connectivity index (χ1) is 10.5. The Balaban J connectivity index is 1.91. The third kappa shape index (κ3) is 4.44. The smallest absolute Gasteiger partial charge is 0.192 e. The number of nitrogens with two attached hydrogens (primary N) is 1. The molecule has 2 rings (SSSR count). The van der Waals surface area contributed by atoms with Crippen LogP contribution < -0.4 is 10.6 Å². The molecule has 0 aliphatic carbocycles. The Bertz CT molecular complexity index is 516. The summed E-state index contributed by atoms with van der Waals surface area (Å²) in [5.74, 6) is 1.39. The van der Waals surface area contributed by atoms with Gasteiger partial charge in [-0.2, -0.15) is 0 Å². The summed E-state index contributed by atoms with van der Waals surface area (Å²) in [5.41, 5.74) is 5.87. The number of anilines is 2. The van der Waals surface area contributed by atoms with Crippen LogP contribution in [0.5, 0.6) is 0 Å². The van der Waals surface area contributed by atoms with E-state index in [0.29, 0.717) is 5.82 Å². The number of aromatic nitrogens is 2. The van der Waals surface area contributed by atoms with Crippen LogP contribution in [0.1, 0.15) is 40.5 Å². The maximum absolute atomic E-state index is 6.47. The first-order valence-electron chi connectivity index (χ1n) is 8.51. The van der Waals surface area contributed by atoms with Gasteiger partial charge in [-0.15, -0.1) is 10.2 Å². The molecular weight excluding hydrogens is 304 g/mol. The van der Waals surface area contributed by atoms with Crippen LogP contribution in [-0.4, -0.2) is 38.2 Å².